The Hall–Kier alpha value is -0.270. The van der Waals surface area contributed by atoms with E-state index in [9.17, 15) is 4.79 Å². The quantitative estimate of drug-likeness (QED) is 0.534. The minimum absolute atomic E-state index is 0.201. The first-order chi connectivity index (χ1) is 4.20. The molecule has 0 atom stereocenters. The van der Waals surface area contributed by atoms with Gasteiger partial charge in [0.05, 0.1) is 5.03 Å². The van der Waals surface area contributed by atoms with E-state index >= 15 is 0 Å². The van der Waals surface area contributed by atoms with E-state index < -0.39 is 0 Å². The fraction of sp³-hybridized carbons (Fsp3) is 0.167. The highest BCUT2D eigenvalue weighted by molar-refractivity contribution is 6.46. The fourth-order valence-corrected chi connectivity index (χ4v) is 0.866. The van der Waals surface area contributed by atoms with Crippen molar-refractivity contribution in [2.45, 2.75) is 6.42 Å². The van der Waals surface area contributed by atoms with Gasteiger partial charge in [0.25, 0.3) is 0 Å². The summed E-state index contributed by atoms with van der Waals surface area (Å²) in [6.45, 7) is 0. The van der Waals surface area contributed by atoms with Crippen LogP contribution in [0.5, 0.6) is 0 Å². The van der Waals surface area contributed by atoms with Gasteiger partial charge in [0.15, 0.2) is 5.78 Å². The second kappa shape index (κ2) is 2.54. The lowest BCUT2D eigenvalue weighted by Crippen LogP contribution is -1.97. The molecule has 0 unspecified atom stereocenters. The number of ketones is 1. The van der Waals surface area contributed by atoms with Crippen LogP contribution in [0.15, 0.2) is 22.2 Å². The molecular weight excluding hydrogens is 159 g/mol. The minimum atomic E-state index is -0.201. The van der Waals surface area contributed by atoms with Gasteiger partial charge < -0.3 is 0 Å². The smallest absolute Gasteiger partial charge is 0.198 e. The normalized spacial score (nSPS) is 19.1. The zero-order valence-electron chi connectivity index (χ0n) is 4.53. The number of carbonyl (C=O) groups excluding carboxylic acids is 1. The molecule has 0 fully saturated rings. The predicted octanol–water partition coefficient (Wildman–Crippen LogP) is 2.20. The van der Waals surface area contributed by atoms with Crippen molar-refractivity contribution in [3.63, 3.8) is 0 Å². The molecule has 0 heterocycles. The van der Waals surface area contributed by atoms with Gasteiger partial charge >= 0.3 is 0 Å². The van der Waals surface area contributed by atoms with Crippen LogP contribution in [0.2, 0.25) is 0 Å². The van der Waals surface area contributed by atoms with Crippen LogP contribution in [0.3, 0.4) is 0 Å². The van der Waals surface area contributed by atoms with Crippen molar-refractivity contribution in [3.8, 4) is 0 Å². The summed E-state index contributed by atoms with van der Waals surface area (Å²) in [6.07, 6.45) is 3.52. The van der Waals surface area contributed by atoms with Crippen LogP contribution in [-0.4, -0.2) is 5.78 Å². The molecule has 1 nitrogen and oxygen atoms in total. The second-order valence-corrected chi connectivity index (χ2v) is 2.60. The molecule has 0 bridgehead atoms. The molecule has 1 aliphatic carbocycles. The monoisotopic (exact) mass is 162 g/mol. The van der Waals surface area contributed by atoms with E-state index in [0.717, 1.165) is 0 Å². The lowest BCUT2D eigenvalue weighted by atomic mass is 10.2. The molecule has 0 aromatic heterocycles. The van der Waals surface area contributed by atoms with Crippen LogP contribution >= 0.6 is 23.2 Å². The van der Waals surface area contributed by atoms with E-state index in [4.69, 9.17) is 23.2 Å². The molecule has 48 valence electrons. The van der Waals surface area contributed by atoms with Crippen molar-refractivity contribution in [1.82, 2.24) is 0 Å². The maximum absolute atomic E-state index is 10.6. The Labute approximate surface area is 62.9 Å². The van der Waals surface area contributed by atoms with E-state index in [0.29, 0.717) is 11.5 Å². The summed E-state index contributed by atoms with van der Waals surface area (Å²) in [5.41, 5.74) is 0. The summed E-state index contributed by atoms with van der Waals surface area (Å²) in [7, 11) is 0. The molecular formula is C6H4Cl2O. The van der Waals surface area contributed by atoms with Crippen molar-refractivity contribution in [3.05, 3.63) is 22.2 Å². The molecule has 0 saturated heterocycles. The average Bonchev–Trinajstić information content (AvgIpc) is 1.80. The Balaban J connectivity index is 2.82. The van der Waals surface area contributed by atoms with Gasteiger partial charge in [-0.05, 0) is 0 Å². The molecule has 0 amide bonds. The van der Waals surface area contributed by atoms with Gasteiger partial charge in [0.1, 0.15) is 0 Å². The summed E-state index contributed by atoms with van der Waals surface area (Å²) in [4.78, 5) is 10.6. The van der Waals surface area contributed by atoms with Crippen LogP contribution < -0.4 is 0 Å². The topological polar surface area (TPSA) is 17.1 Å². The molecule has 0 spiro atoms. The molecule has 0 N–H and O–H groups in total. The third kappa shape index (κ3) is 1.57. The van der Waals surface area contributed by atoms with Gasteiger partial charge in [0, 0.05) is 17.5 Å². The zero-order valence-corrected chi connectivity index (χ0v) is 6.04. The highest BCUT2D eigenvalue weighted by atomic mass is 35.5. The average molecular weight is 163 g/mol. The van der Waals surface area contributed by atoms with Gasteiger partial charge in [-0.2, -0.15) is 0 Å². The minimum Gasteiger partial charge on any atom is -0.288 e. The third-order valence-corrected chi connectivity index (χ3v) is 1.60. The Kier molecular flexibility index (Phi) is 1.94. The highest BCUT2D eigenvalue weighted by Crippen LogP contribution is 2.19. The Bertz CT molecular complexity index is 203. The second-order valence-electron chi connectivity index (χ2n) is 1.71. The Morgan fingerprint density at radius 1 is 1.44 bits per heavy atom. The van der Waals surface area contributed by atoms with Crippen molar-refractivity contribution in [2.75, 3.05) is 0 Å². The first-order valence-electron chi connectivity index (χ1n) is 2.46. The van der Waals surface area contributed by atoms with Crippen molar-refractivity contribution in [2.24, 2.45) is 0 Å². The highest BCUT2D eigenvalue weighted by Gasteiger charge is 2.08. The summed E-state index contributed by atoms with van der Waals surface area (Å²) in [5, 5.41) is 0.809. The van der Waals surface area contributed by atoms with Crippen LogP contribution in [0, 0.1) is 0 Å². The molecule has 0 radical (unpaired) electrons. The van der Waals surface area contributed by atoms with E-state index in [-0.39, 0.29) is 10.8 Å². The number of carbonyl (C=O) groups is 1. The molecule has 0 aromatic rings. The first-order valence-corrected chi connectivity index (χ1v) is 3.22. The number of halogens is 2. The van der Waals surface area contributed by atoms with Gasteiger partial charge in [-0.1, -0.05) is 29.3 Å². The fourth-order valence-electron chi connectivity index (χ4n) is 0.558. The third-order valence-electron chi connectivity index (χ3n) is 0.999. The molecule has 0 aliphatic heterocycles. The van der Waals surface area contributed by atoms with Crippen molar-refractivity contribution >= 4 is 29.0 Å². The van der Waals surface area contributed by atoms with Gasteiger partial charge in [-0.15, -0.1) is 0 Å². The van der Waals surface area contributed by atoms with Gasteiger partial charge in [-0.25, -0.2) is 0 Å². The molecule has 1 aliphatic rings. The summed E-state index contributed by atoms with van der Waals surface area (Å²) in [5.74, 6) is -0.201. The van der Waals surface area contributed by atoms with E-state index in [1.54, 1.807) is 6.08 Å². The largest absolute Gasteiger partial charge is 0.288 e. The number of allylic oxidation sites excluding steroid dienone is 4. The zero-order chi connectivity index (χ0) is 6.85. The molecule has 3 heteroatoms. The van der Waals surface area contributed by atoms with Crippen LogP contribution in [0.25, 0.3) is 0 Å². The summed E-state index contributed by atoms with van der Waals surface area (Å²) >= 11 is 11.0. The van der Waals surface area contributed by atoms with Crippen LogP contribution in [0.4, 0.5) is 0 Å². The van der Waals surface area contributed by atoms with Gasteiger partial charge in [-0.3, -0.25) is 4.79 Å². The maximum atomic E-state index is 10.6. The van der Waals surface area contributed by atoms with Crippen LogP contribution in [0.1, 0.15) is 6.42 Å². The molecule has 0 aromatic carbocycles. The standard InChI is InChI=1S/C6H4Cl2O/c7-4-1-2-5(8)6(9)3-4/h2-3H,1H2. The molecule has 9 heavy (non-hydrogen) atoms. The predicted molar refractivity (Wildman–Crippen MR) is 37.5 cm³/mol. The van der Waals surface area contributed by atoms with E-state index in [2.05, 4.69) is 0 Å². The van der Waals surface area contributed by atoms with Crippen LogP contribution in [-0.2, 0) is 4.79 Å². The number of rotatable bonds is 0. The number of hydrogen-bond acceptors (Lipinski definition) is 1. The molecule has 1 rings (SSSR count). The van der Waals surface area contributed by atoms with Gasteiger partial charge in [0.2, 0.25) is 0 Å². The number of hydrogen-bond donors (Lipinski definition) is 0. The van der Waals surface area contributed by atoms with E-state index in [1.165, 1.54) is 6.08 Å². The van der Waals surface area contributed by atoms with E-state index in [1.807, 2.05) is 0 Å². The lowest BCUT2D eigenvalue weighted by molar-refractivity contribution is -0.110. The lowest BCUT2D eigenvalue weighted by Gasteiger charge is -2.00. The Morgan fingerprint density at radius 3 is 2.56 bits per heavy atom. The maximum Gasteiger partial charge on any atom is 0.198 e. The molecule has 0 saturated carbocycles. The van der Waals surface area contributed by atoms with Crippen molar-refractivity contribution < 1.29 is 4.79 Å². The summed E-state index contributed by atoms with van der Waals surface area (Å²) in [6, 6.07) is 0. The first kappa shape index (κ1) is 6.84. The SMILES string of the molecule is O=C1C=C(Cl)CC=C1Cl. The Morgan fingerprint density at radius 2 is 2.11 bits per heavy atom. The van der Waals surface area contributed by atoms with Crippen molar-refractivity contribution in [1.29, 1.82) is 0 Å². The summed E-state index contributed by atoms with van der Waals surface area (Å²) < 4.78 is 0.